The van der Waals surface area contributed by atoms with Crippen molar-refractivity contribution in [3.05, 3.63) is 60.2 Å². The van der Waals surface area contributed by atoms with E-state index in [9.17, 15) is 9.59 Å². The molecule has 0 spiro atoms. The minimum atomic E-state index is -0.432. The zero-order valence-corrected chi connectivity index (χ0v) is 16.1. The van der Waals surface area contributed by atoms with Crippen molar-refractivity contribution in [2.75, 3.05) is 26.2 Å². The van der Waals surface area contributed by atoms with Gasteiger partial charge in [-0.25, -0.2) is 0 Å². The van der Waals surface area contributed by atoms with Crippen LogP contribution < -0.4 is 0 Å². The van der Waals surface area contributed by atoms with Gasteiger partial charge in [-0.05, 0) is 17.7 Å². The molecule has 2 aromatic rings. The maximum absolute atomic E-state index is 11.9. The topological polar surface area (TPSA) is 66.4 Å². The maximum atomic E-state index is 11.9. The molecule has 0 aliphatic carbocycles. The van der Waals surface area contributed by atoms with Gasteiger partial charge >= 0.3 is 0 Å². The number of likely N-dealkylation sites (tertiary alicyclic amines) is 2. The second kappa shape index (κ2) is 8.29. The molecule has 2 aromatic heterocycles. The largest absolute Gasteiger partial charge is 0.300 e. The highest BCUT2D eigenvalue weighted by Crippen LogP contribution is 2.38. The fraction of sp³-hybridized carbons (Fsp3) is 0.455. The van der Waals surface area contributed by atoms with Crippen LogP contribution in [-0.4, -0.2) is 57.5 Å². The summed E-state index contributed by atoms with van der Waals surface area (Å²) in [6.45, 7) is 2.88. The Balaban J connectivity index is 1.80. The van der Waals surface area contributed by atoms with E-state index < -0.39 is 5.66 Å². The third-order valence-corrected chi connectivity index (χ3v) is 5.99. The summed E-state index contributed by atoms with van der Waals surface area (Å²) < 4.78 is 0. The first-order chi connectivity index (χ1) is 13.7. The summed E-state index contributed by atoms with van der Waals surface area (Å²) in [5.74, 6) is 0.651. The van der Waals surface area contributed by atoms with Gasteiger partial charge < -0.3 is 0 Å². The van der Waals surface area contributed by atoms with Crippen LogP contribution in [-0.2, 0) is 21.7 Å². The van der Waals surface area contributed by atoms with E-state index in [0.29, 0.717) is 37.2 Å². The molecule has 0 bridgehead atoms. The lowest BCUT2D eigenvalue weighted by Crippen LogP contribution is -2.62. The molecule has 146 valence electrons. The van der Waals surface area contributed by atoms with Crippen molar-refractivity contribution >= 4 is 11.6 Å². The zero-order chi connectivity index (χ0) is 19.4. The summed E-state index contributed by atoms with van der Waals surface area (Å²) >= 11 is 0. The van der Waals surface area contributed by atoms with E-state index in [4.69, 9.17) is 0 Å². The average molecular weight is 378 g/mol. The van der Waals surface area contributed by atoms with E-state index in [2.05, 4.69) is 31.9 Å². The Kier molecular flexibility index (Phi) is 5.59. The van der Waals surface area contributed by atoms with Gasteiger partial charge in [-0.3, -0.25) is 29.4 Å². The number of aromatic nitrogens is 2. The lowest BCUT2D eigenvalue weighted by molar-refractivity contribution is -0.134. The molecule has 0 unspecified atom stereocenters. The van der Waals surface area contributed by atoms with Crippen LogP contribution in [0.5, 0.6) is 0 Å². The molecule has 0 atom stereocenters. The fourth-order valence-corrected chi connectivity index (χ4v) is 4.53. The lowest BCUT2D eigenvalue weighted by Gasteiger charge is -2.53. The summed E-state index contributed by atoms with van der Waals surface area (Å²) in [5, 5.41) is 0. The molecule has 0 saturated carbocycles. The lowest BCUT2D eigenvalue weighted by atomic mass is 9.86. The molecular formula is C22H26N4O2. The Hall–Kier alpha value is -2.44. The van der Waals surface area contributed by atoms with Crippen molar-refractivity contribution in [2.45, 2.75) is 37.8 Å². The SMILES string of the molecule is O=C1CCN(C(Cc2cccnc2)(c2cccnc2)N2CCC(=O)CC2)CC1. The summed E-state index contributed by atoms with van der Waals surface area (Å²) in [5.41, 5.74) is 1.82. The number of carbonyl (C=O) groups excluding carboxylic acids is 2. The van der Waals surface area contributed by atoms with Crippen molar-refractivity contribution < 1.29 is 9.59 Å². The molecule has 4 rings (SSSR count). The van der Waals surface area contributed by atoms with Crippen LogP contribution in [0.4, 0.5) is 0 Å². The number of carbonyl (C=O) groups is 2. The minimum absolute atomic E-state index is 0.325. The van der Waals surface area contributed by atoms with Gasteiger partial charge in [0.25, 0.3) is 0 Å². The van der Waals surface area contributed by atoms with Crippen LogP contribution in [0, 0.1) is 0 Å². The Morgan fingerprint density at radius 1 is 0.786 bits per heavy atom. The van der Waals surface area contributed by atoms with Crippen LogP contribution in [0.15, 0.2) is 49.1 Å². The monoisotopic (exact) mass is 378 g/mol. The molecule has 4 heterocycles. The molecule has 28 heavy (non-hydrogen) atoms. The number of nitrogens with zero attached hydrogens (tertiary/aromatic N) is 4. The Bertz CT molecular complexity index is 777. The number of Topliss-reactive ketones (excluding diaryl/α,β-unsaturated/α-hetero) is 2. The van der Waals surface area contributed by atoms with E-state index >= 15 is 0 Å². The molecule has 2 aliphatic heterocycles. The van der Waals surface area contributed by atoms with Gasteiger partial charge in [-0.15, -0.1) is 0 Å². The van der Waals surface area contributed by atoms with Gasteiger partial charge in [-0.1, -0.05) is 12.1 Å². The van der Waals surface area contributed by atoms with Crippen molar-refractivity contribution in [2.24, 2.45) is 0 Å². The second-order valence-corrected chi connectivity index (χ2v) is 7.65. The quantitative estimate of drug-likeness (QED) is 0.795. The van der Waals surface area contributed by atoms with Gasteiger partial charge in [0.1, 0.15) is 17.2 Å². The van der Waals surface area contributed by atoms with Crippen LogP contribution >= 0.6 is 0 Å². The number of hydrogen-bond donors (Lipinski definition) is 0. The first-order valence-electron chi connectivity index (χ1n) is 10.0. The van der Waals surface area contributed by atoms with Crippen LogP contribution in [0.2, 0.25) is 0 Å². The normalized spacial score (nSPS) is 19.7. The minimum Gasteiger partial charge on any atom is -0.300 e. The molecule has 0 aromatic carbocycles. The predicted octanol–water partition coefficient (Wildman–Crippen LogP) is 2.20. The summed E-state index contributed by atoms with van der Waals surface area (Å²) in [7, 11) is 0. The van der Waals surface area contributed by atoms with E-state index in [1.807, 2.05) is 24.5 Å². The Morgan fingerprint density at radius 2 is 1.32 bits per heavy atom. The van der Waals surface area contributed by atoms with Gasteiger partial charge in [-0.2, -0.15) is 0 Å². The summed E-state index contributed by atoms with van der Waals surface area (Å²) in [4.78, 5) is 37.5. The molecule has 2 saturated heterocycles. The van der Waals surface area contributed by atoms with Crippen LogP contribution in [0.1, 0.15) is 36.8 Å². The van der Waals surface area contributed by atoms with Gasteiger partial charge in [0.2, 0.25) is 0 Å². The molecule has 6 heteroatoms. The fourth-order valence-electron chi connectivity index (χ4n) is 4.53. The number of hydrogen-bond acceptors (Lipinski definition) is 6. The first-order valence-corrected chi connectivity index (χ1v) is 10.0. The number of ketones is 2. The number of rotatable bonds is 5. The van der Waals surface area contributed by atoms with E-state index in [1.54, 1.807) is 12.4 Å². The molecular weight excluding hydrogens is 352 g/mol. The predicted molar refractivity (Wildman–Crippen MR) is 105 cm³/mol. The van der Waals surface area contributed by atoms with Gasteiger partial charge in [0.15, 0.2) is 0 Å². The molecule has 0 radical (unpaired) electrons. The van der Waals surface area contributed by atoms with Crippen molar-refractivity contribution in [1.82, 2.24) is 19.8 Å². The first kappa shape index (κ1) is 18.9. The number of piperidine rings is 2. The van der Waals surface area contributed by atoms with E-state index in [0.717, 1.165) is 43.7 Å². The summed E-state index contributed by atoms with van der Waals surface area (Å²) in [6.07, 6.45) is 10.5. The maximum Gasteiger partial charge on any atom is 0.135 e. The molecule has 0 amide bonds. The zero-order valence-electron chi connectivity index (χ0n) is 16.1. The number of pyridine rings is 2. The highest BCUT2D eigenvalue weighted by Gasteiger charge is 2.46. The third kappa shape index (κ3) is 3.75. The van der Waals surface area contributed by atoms with Crippen molar-refractivity contribution in [3.63, 3.8) is 0 Å². The van der Waals surface area contributed by atoms with Crippen LogP contribution in [0.25, 0.3) is 0 Å². The molecule has 2 fully saturated rings. The Morgan fingerprint density at radius 3 is 1.79 bits per heavy atom. The van der Waals surface area contributed by atoms with Gasteiger partial charge in [0, 0.05) is 88.6 Å². The third-order valence-electron chi connectivity index (χ3n) is 5.99. The van der Waals surface area contributed by atoms with E-state index in [1.165, 1.54) is 0 Å². The molecule has 6 nitrogen and oxygen atoms in total. The van der Waals surface area contributed by atoms with E-state index in [-0.39, 0.29) is 0 Å². The Labute approximate surface area is 165 Å². The average Bonchev–Trinajstić information content (AvgIpc) is 2.75. The van der Waals surface area contributed by atoms with Crippen molar-refractivity contribution in [3.8, 4) is 0 Å². The highest BCUT2D eigenvalue weighted by molar-refractivity contribution is 5.80. The second-order valence-electron chi connectivity index (χ2n) is 7.65. The molecule has 0 N–H and O–H groups in total. The van der Waals surface area contributed by atoms with Crippen molar-refractivity contribution in [1.29, 1.82) is 0 Å². The summed E-state index contributed by atoms with van der Waals surface area (Å²) in [6, 6.07) is 8.15. The van der Waals surface area contributed by atoms with Crippen LogP contribution in [0.3, 0.4) is 0 Å². The highest BCUT2D eigenvalue weighted by atomic mass is 16.1. The van der Waals surface area contributed by atoms with Gasteiger partial charge in [0.05, 0.1) is 0 Å². The molecule has 2 aliphatic rings. The standard InChI is InChI=1S/C22H26N4O2/c27-20-5-11-25(12-6-20)22(19-4-2-10-24-17-19,15-18-3-1-9-23-16-18)26-13-7-21(28)8-14-26/h1-4,9-10,16-17H,5-8,11-15H2. The smallest absolute Gasteiger partial charge is 0.135 e.